The van der Waals surface area contributed by atoms with Gasteiger partial charge in [-0.25, -0.2) is 0 Å². The van der Waals surface area contributed by atoms with Crippen LogP contribution in [-0.2, 0) is 11.3 Å². The minimum absolute atomic E-state index is 0.176. The third kappa shape index (κ3) is 4.34. The van der Waals surface area contributed by atoms with E-state index in [2.05, 4.69) is 10.2 Å². The molecule has 0 aromatic carbocycles. The first-order chi connectivity index (χ1) is 10.5. The molecule has 1 fully saturated rings. The Hall–Kier alpha value is -1.82. The highest BCUT2D eigenvalue weighted by atomic mass is 16.4. The van der Waals surface area contributed by atoms with Crippen molar-refractivity contribution >= 4 is 11.9 Å². The van der Waals surface area contributed by atoms with Crippen LogP contribution in [-0.4, -0.2) is 41.0 Å². The van der Waals surface area contributed by atoms with Crippen LogP contribution < -0.4 is 5.32 Å². The van der Waals surface area contributed by atoms with Crippen molar-refractivity contribution in [2.45, 2.75) is 52.1 Å². The number of nitrogens with one attached hydrogen (secondary N) is 1. The van der Waals surface area contributed by atoms with Gasteiger partial charge >= 0.3 is 5.97 Å². The average Bonchev–Trinajstić information content (AvgIpc) is 2.67. The van der Waals surface area contributed by atoms with Gasteiger partial charge in [-0.05, 0) is 45.8 Å². The Balaban J connectivity index is 2.00. The number of carbonyl (C=O) groups is 2. The van der Waals surface area contributed by atoms with E-state index < -0.39 is 17.9 Å². The lowest BCUT2D eigenvalue weighted by Crippen LogP contribution is -2.38. The molecule has 0 aliphatic carbocycles. The molecule has 0 bridgehead atoms. The highest BCUT2D eigenvalue weighted by Crippen LogP contribution is 2.19. The van der Waals surface area contributed by atoms with Gasteiger partial charge in [-0.2, -0.15) is 0 Å². The number of rotatable bonds is 5. The molecule has 0 radical (unpaired) electrons. The fourth-order valence-corrected chi connectivity index (χ4v) is 2.65. The van der Waals surface area contributed by atoms with Crippen molar-refractivity contribution in [1.82, 2.24) is 10.2 Å². The number of likely N-dealkylation sites (tertiary alicyclic amines) is 1. The fourth-order valence-electron chi connectivity index (χ4n) is 2.65. The van der Waals surface area contributed by atoms with Crippen molar-refractivity contribution < 1.29 is 19.1 Å². The first kappa shape index (κ1) is 16.5. The fraction of sp³-hybridized carbons (Fsp3) is 0.625. The second-order valence-electron chi connectivity index (χ2n) is 5.92. The standard InChI is InChI=1S/C16H24N2O4/c1-11(16(20)21)17-15(19)14-9-13(12(2)22-14)10-18-7-5-3-4-6-8-18/h9,11H,3-8,10H2,1-2H3,(H,17,19)(H,20,21). The monoisotopic (exact) mass is 308 g/mol. The van der Waals surface area contributed by atoms with E-state index in [0.717, 1.165) is 31.0 Å². The van der Waals surface area contributed by atoms with Gasteiger partial charge in [0.05, 0.1) is 0 Å². The molecule has 2 rings (SSSR count). The van der Waals surface area contributed by atoms with E-state index in [9.17, 15) is 9.59 Å². The second-order valence-corrected chi connectivity index (χ2v) is 5.92. The van der Waals surface area contributed by atoms with Crippen LogP contribution in [0.1, 0.15) is 54.5 Å². The summed E-state index contributed by atoms with van der Waals surface area (Å²) in [6, 6.07) is 0.788. The summed E-state index contributed by atoms with van der Waals surface area (Å²) < 4.78 is 5.50. The van der Waals surface area contributed by atoms with Crippen LogP contribution in [0.25, 0.3) is 0 Å². The van der Waals surface area contributed by atoms with E-state index in [0.29, 0.717) is 0 Å². The van der Waals surface area contributed by atoms with Gasteiger partial charge in [0, 0.05) is 12.1 Å². The summed E-state index contributed by atoms with van der Waals surface area (Å²) in [6.07, 6.45) is 4.98. The Labute approximate surface area is 130 Å². The summed E-state index contributed by atoms with van der Waals surface area (Å²) in [5.74, 6) is -0.658. The third-order valence-electron chi connectivity index (χ3n) is 4.06. The molecule has 1 unspecified atom stereocenters. The van der Waals surface area contributed by atoms with Gasteiger partial charge in [0.2, 0.25) is 0 Å². The summed E-state index contributed by atoms with van der Waals surface area (Å²) in [5.41, 5.74) is 0.995. The normalized spacial score (nSPS) is 17.7. The molecule has 2 heterocycles. The molecule has 1 aromatic heterocycles. The first-order valence-corrected chi connectivity index (χ1v) is 7.82. The summed E-state index contributed by atoms with van der Waals surface area (Å²) in [7, 11) is 0. The number of aryl methyl sites for hydroxylation is 1. The zero-order chi connectivity index (χ0) is 16.1. The maximum absolute atomic E-state index is 12.0. The van der Waals surface area contributed by atoms with E-state index in [4.69, 9.17) is 9.52 Å². The molecule has 0 saturated carbocycles. The Bertz CT molecular complexity index is 530. The van der Waals surface area contributed by atoms with Gasteiger partial charge in [0.25, 0.3) is 5.91 Å². The molecule has 1 aliphatic rings. The van der Waals surface area contributed by atoms with Crippen LogP contribution in [0.2, 0.25) is 0 Å². The maximum atomic E-state index is 12.0. The second kappa shape index (κ2) is 7.45. The number of carboxylic acid groups (broad SMARTS) is 1. The predicted molar refractivity (Wildman–Crippen MR) is 81.8 cm³/mol. The number of furan rings is 1. The van der Waals surface area contributed by atoms with Crippen LogP contribution >= 0.6 is 0 Å². The minimum atomic E-state index is -1.07. The molecular weight excluding hydrogens is 284 g/mol. The number of carboxylic acids is 1. The number of nitrogens with zero attached hydrogens (tertiary/aromatic N) is 1. The molecule has 0 spiro atoms. The largest absolute Gasteiger partial charge is 0.480 e. The highest BCUT2D eigenvalue weighted by Gasteiger charge is 2.20. The van der Waals surface area contributed by atoms with Crippen molar-refractivity contribution in [1.29, 1.82) is 0 Å². The number of amides is 1. The lowest BCUT2D eigenvalue weighted by molar-refractivity contribution is -0.138. The Kier molecular flexibility index (Phi) is 5.60. The number of hydrogen-bond acceptors (Lipinski definition) is 4. The van der Waals surface area contributed by atoms with E-state index in [1.54, 1.807) is 6.07 Å². The molecule has 1 atom stereocenters. The summed E-state index contributed by atoms with van der Waals surface area (Å²) in [4.78, 5) is 25.2. The van der Waals surface area contributed by atoms with Crippen molar-refractivity contribution in [3.63, 3.8) is 0 Å². The highest BCUT2D eigenvalue weighted by molar-refractivity contribution is 5.94. The quantitative estimate of drug-likeness (QED) is 0.871. The molecule has 2 N–H and O–H groups in total. The van der Waals surface area contributed by atoms with Crippen LogP contribution in [0.3, 0.4) is 0 Å². The first-order valence-electron chi connectivity index (χ1n) is 7.82. The van der Waals surface area contributed by atoms with Crippen molar-refractivity contribution in [3.8, 4) is 0 Å². The lowest BCUT2D eigenvalue weighted by Gasteiger charge is -2.18. The molecular formula is C16H24N2O4. The molecule has 6 heteroatoms. The van der Waals surface area contributed by atoms with Crippen molar-refractivity contribution in [2.24, 2.45) is 0 Å². The van der Waals surface area contributed by atoms with Gasteiger partial charge < -0.3 is 14.8 Å². The molecule has 6 nitrogen and oxygen atoms in total. The molecule has 1 amide bonds. The van der Waals surface area contributed by atoms with E-state index in [-0.39, 0.29) is 5.76 Å². The molecule has 1 aromatic rings. The van der Waals surface area contributed by atoms with Crippen LogP contribution in [0.15, 0.2) is 10.5 Å². The zero-order valence-corrected chi connectivity index (χ0v) is 13.2. The topological polar surface area (TPSA) is 82.8 Å². The minimum Gasteiger partial charge on any atom is -0.480 e. The van der Waals surface area contributed by atoms with Crippen LogP contribution in [0.5, 0.6) is 0 Å². The Morgan fingerprint density at radius 3 is 2.55 bits per heavy atom. The van der Waals surface area contributed by atoms with Gasteiger partial charge in [0.15, 0.2) is 5.76 Å². The Morgan fingerprint density at radius 2 is 1.95 bits per heavy atom. The SMILES string of the molecule is Cc1oc(C(=O)NC(C)C(=O)O)cc1CN1CCCCCC1. The smallest absolute Gasteiger partial charge is 0.325 e. The van der Waals surface area contributed by atoms with E-state index in [1.807, 2.05) is 6.92 Å². The Morgan fingerprint density at radius 1 is 1.32 bits per heavy atom. The van der Waals surface area contributed by atoms with Gasteiger partial charge in [0.1, 0.15) is 11.8 Å². The zero-order valence-electron chi connectivity index (χ0n) is 13.2. The maximum Gasteiger partial charge on any atom is 0.325 e. The average molecular weight is 308 g/mol. The van der Waals surface area contributed by atoms with Crippen LogP contribution in [0, 0.1) is 6.92 Å². The van der Waals surface area contributed by atoms with Gasteiger partial charge in [-0.15, -0.1) is 0 Å². The van der Waals surface area contributed by atoms with Crippen molar-refractivity contribution in [3.05, 3.63) is 23.2 Å². The molecule has 1 saturated heterocycles. The van der Waals surface area contributed by atoms with E-state index >= 15 is 0 Å². The molecule has 22 heavy (non-hydrogen) atoms. The lowest BCUT2D eigenvalue weighted by atomic mass is 10.2. The summed E-state index contributed by atoms with van der Waals surface area (Å²) in [6.45, 7) is 6.18. The number of aliphatic carboxylic acids is 1. The van der Waals surface area contributed by atoms with Gasteiger partial charge in [-0.3, -0.25) is 14.5 Å². The predicted octanol–water partition coefficient (Wildman–Crippen LogP) is 2.17. The number of carbonyl (C=O) groups excluding carboxylic acids is 1. The number of hydrogen-bond donors (Lipinski definition) is 2. The third-order valence-corrected chi connectivity index (χ3v) is 4.06. The summed E-state index contributed by atoms with van der Waals surface area (Å²) in [5, 5.41) is 11.2. The summed E-state index contributed by atoms with van der Waals surface area (Å²) >= 11 is 0. The van der Waals surface area contributed by atoms with E-state index in [1.165, 1.54) is 32.6 Å². The molecule has 1 aliphatic heterocycles. The molecule has 122 valence electrons. The van der Waals surface area contributed by atoms with Gasteiger partial charge in [-0.1, -0.05) is 12.8 Å². The van der Waals surface area contributed by atoms with Crippen LogP contribution in [0.4, 0.5) is 0 Å². The van der Waals surface area contributed by atoms with Crippen molar-refractivity contribution in [2.75, 3.05) is 13.1 Å².